The van der Waals surface area contributed by atoms with E-state index in [0.717, 1.165) is 12.2 Å². The van der Waals surface area contributed by atoms with Gasteiger partial charge in [-0.3, -0.25) is 4.79 Å². The van der Waals surface area contributed by atoms with Gasteiger partial charge >= 0.3 is 0 Å². The minimum absolute atomic E-state index is 0.162. The molecule has 3 heteroatoms. The fourth-order valence-corrected chi connectivity index (χ4v) is 2.68. The molecule has 0 radical (unpaired) electrons. The number of anilines is 1. The van der Waals surface area contributed by atoms with Crippen LogP contribution in [0.3, 0.4) is 0 Å². The van der Waals surface area contributed by atoms with Gasteiger partial charge in [-0.1, -0.05) is 42.0 Å². The van der Waals surface area contributed by atoms with E-state index in [1.165, 1.54) is 16.7 Å². The van der Waals surface area contributed by atoms with Crippen LogP contribution >= 0.6 is 0 Å². The molecule has 0 aromatic heterocycles. The highest BCUT2D eigenvalue weighted by atomic mass is 16.2. The largest absolute Gasteiger partial charge is 0.313 e. The fraction of sp³-hybridized carbons (Fsp3) is 0.350. The van der Waals surface area contributed by atoms with Gasteiger partial charge in [-0.05, 0) is 44.0 Å². The van der Waals surface area contributed by atoms with E-state index in [1.54, 1.807) is 0 Å². The lowest BCUT2D eigenvalue weighted by atomic mass is 10.1. The second-order valence-corrected chi connectivity index (χ2v) is 5.89. The van der Waals surface area contributed by atoms with E-state index < -0.39 is 0 Å². The number of nitrogens with zero attached hydrogens (tertiary/aromatic N) is 1. The molecule has 23 heavy (non-hydrogen) atoms. The number of carbonyl (C=O) groups is 1. The number of aryl methyl sites for hydroxylation is 2. The van der Waals surface area contributed by atoms with Gasteiger partial charge in [0.15, 0.2) is 0 Å². The summed E-state index contributed by atoms with van der Waals surface area (Å²) in [4.78, 5) is 14.3. The van der Waals surface area contributed by atoms with Crippen LogP contribution in [0.2, 0.25) is 0 Å². The first kappa shape index (κ1) is 17.2. The van der Waals surface area contributed by atoms with Gasteiger partial charge in [0.05, 0.1) is 0 Å². The normalized spacial score (nSPS) is 10.6. The van der Waals surface area contributed by atoms with Crippen molar-refractivity contribution in [3.63, 3.8) is 0 Å². The fourth-order valence-electron chi connectivity index (χ4n) is 2.68. The summed E-state index contributed by atoms with van der Waals surface area (Å²) in [6.07, 6.45) is 0.508. The second kappa shape index (κ2) is 8.49. The highest BCUT2D eigenvalue weighted by molar-refractivity contribution is 5.93. The Morgan fingerprint density at radius 2 is 1.74 bits per heavy atom. The molecule has 2 aromatic rings. The molecule has 1 N–H and O–H groups in total. The highest BCUT2D eigenvalue weighted by Crippen LogP contribution is 2.16. The smallest absolute Gasteiger partial charge is 0.228 e. The molecule has 2 rings (SSSR count). The summed E-state index contributed by atoms with van der Waals surface area (Å²) in [5.41, 5.74) is 4.67. The summed E-state index contributed by atoms with van der Waals surface area (Å²) >= 11 is 0. The third kappa shape index (κ3) is 5.22. The molecule has 0 unspecified atom stereocenters. The van der Waals surface area contributed by atoms with Gasteiger partial charge in [-0.2, -0.15) is 0 Å². The summed E-state index contributed by atoms with van der Waals surface area (Å²) < 4.78 is 0. The minimum Gasteiger partial charge on any atom is -0.313 e. The van der Waals surface area contributed by atoms with E-state index in [9.17, 15) is 4.79 Å². The van der Waals surface area contributed by atoms with Crippen LogP contribution < -0.4 is 10.2 Å². The third-order valence-corrected chi connectivity index (χ3v) is 3.86. The molecule has 3 nitrogen and oxygen atoms in total. The molecule has 122 valence electrons. The number of hydrogen-bond donors (Lipinski definition) is 1. The van der Waals surface area contributed by atoms with Gasteiger partial charge in [0, 0.05) is 31.7 Å². The zero-order valence-corrected chi connectivity index (χ0v) is 14.3. The van der Waals surface area contributed by atoms with Crippen molar-refractivity contribution in [2.45, 2.75) is 33.7 Å². The highest BCUT2D eigenvalue weighted by Gasteiger charge is 2.13. The quantitative estimate of drug-likeness (QED) is 0.788. The summed E-state index contributed by atoms with van der Waals surface area (Å²) in [5.74, 6) is 0.162. The van der Waals surface area contributed by atoms with Crippen LogP contribution in [-0.2, 0) is 11.3 Å². The molecule has 2 aromatic carbocycles. The molecular weight excluding hydrogens is 284 g/mol. The van der Waals surface area contributed by atoms with Crippen LogP contribution in [0.4, 0.5) is 5.69 Å². The van der Waals surface area contributed by atoms with E-state index in [-0.39, 0.29) is 5.91 Å². The zero-order chi connectivity index (χ0) is 16.7. The Morgan fingerprint density at radius 1 is 1.04 bits per heavy atom. The Labute approximate surface area is 139 Å². The molecule has 0 spiro atoms. The lowest BCUT2D eigenvalue weighted by Gasteiger charge is -2.21. The summed E-state index contributed by atoms with van der Waals surface area (Å²) in [5, 5.41) is 3.35. The molecule has 0 fully saturated rings. The number of amides is 1. The van der Waals surface area contributed by atoms with E-state index in [0.29, 0.717) is 19.5 Å². The van der Waals surface area contributed by atoms with Gasteiger partial charge in [-0.15, -0.1) is 0 Å². The predicted molar refractivity (Wildman–Crippen MR) is 96.7 cm³/mol. The Bertz CT molecular complexity index is 652. The van der Waals surface area contributed by atoms with E-state index >= 15 is 0 Å². The molecule has 0 bridgehead atoms. The van der Waals surface area contributed by atoms with Crippen LogP contribution in [0.15, 0.2) is 48.5 Å². The Balaban J connectivity index is 1.83. The molecule has 1 amide bonds. The molecule has 0 aliphatic heterocycles. The van der Waals surface area contributed by atoms with Crippen molar-refractivity contribution in [3.8, 4) is 0 Å². The predicted octanol–water partition coefficient (Wildman–Crippen LogP) is 3.84. The number of rotatable bonds is 7. The average molecular weight is 310 g/mol. The van der Waals surface area contributed by atoms with Crippen molar-refractivity contribution < 1.29 is 4.79 Å². The molecule has 0 saturated carbocycles. The lowest BCUT2D eigenvalue weighted by molar-refractivity contribution is -0.118. The second-order valence-electron chi connectivity index (χ2n) is 5.89. The van der Waals surface area contributed by atoms with E-state index in [1.807, 2.05) is 36.9 Å². The third-order valence-electron chi connectivity index (χ3n) is 3.86. The Morgan fingerprint density at radius 3 is 2.39 bits per heavy atom. The standard InChI is InChI=1S/C20H26N2O/c1-4-22(19-10-6-8-17(3)14-19)20(23)11-12-21-15-18-9-5-7-16(2)13-18/h5-10,13-14,21H,4,11-12,15H2,1-3H3. The first-order chi connectivity index (χ1) is 11.1. The van der Waals surface area contributed by atoms with Crippen LogP contribution in [0, 0.1) is 13.8 Å². The topological polar surface area (TPSA) is 32.3 Å². The van der Waals surface area contributed by atoms with Crippen molar-refractivity contribution >= 4 is 11.6 Å². The van der Waals surface area contributed by atoms with Crippen LogP contribution in [0.5, 0.6) is 0 Å². The number of benzene rings is 2. The van der Waals surface area contributed by atoms with Crippen LogP contribution in [-0.4, -0.2) is 19.0 Å². The molecule has 0 saturated heterocycles. The van der Waals surface area contributed by atoms with Gasteiger partial charge in [0.1, 0.15) is 0 Å². The zero-order valence-electron chi connectivity index (χ0n) is 14.3. The van der Waals surface area contributed by atoms with Crippen molar-refractivity contribution in [2.24, 2.45) is 0 Å². The van der Waals surface area contributed by atoms with E-state index in [2.05, 4.69) is 42.6 Å². The molecule has 0 atom stereocenters. The van der Waals surface area contributed by atoms with Crippen molar-refractivity contribution in [1.29, 1.82) is 0 Å². The number of nitrogens with one attached hydrogen (secondary N) is 1. The lowest BCUT2D eigenvalue weighted by Crippen LogP contribution is -2.33. The van der Waals surface area contributed by atoms with Crippen molar-refractivity contribution in [3.05, 3.63) is 65.2 Å². The van der Waals surface area contributed by atoms with Gasteiger partial charge in [0.2, 0.25) is 5.91 Å². The molecular formula is C20H26N2O. The maximum Gasteiger partial charge on any atom is 0.228 e. The Hall–Kier alpha value is -2.13. The van der Waals surface area contributed by atoms with E-state index in [4.69, 9.17) is 0 Å². The van der Waals surface area contributed by atoms with Crippen LogP contribution in [0.25, 0.3) is 0 Å². The maximum absolute atomic E-state index is 12.4. The van der Waals surface area contributed by atoms with Crippen molar-refractivity contribution in [1.82, 2.24) is 5.32 Å². The first-order valence-electron chi connectivity index (χ1n) is 8.23. The molecule has 0 aliphatic carbocycles. The number of hydrogen-bond acceptors (Lipinski definition) is 2. The average Bonchev–Trinajstić information content (AvgIpc) is 2.52. The van der Waals surface area contributed by atoms with Crippen molar-refractivity contribution in [2.75, 3.05) is 18.0 Å². The molecule has 0 aliphatic rings. The Kier molecular flexibility index (Phi) is 6.36. The van der Waals surface area contributed by atoms with Gasteiger partial charge < -0.3 is 10.2 Å². The number of carbonyl (C=O) groups excluding carboxylic acids is 1. The molecule has 0 heterocycles. The first-order valence-corrected chi connectivity index (χ1v) is 8.23. The summed E-state index contributed by atoms with van der Waals surface area (Å²) in [6, 6.07) is 16.5. The summed E-state index contributed by atoms with van der Waals surface area (Å²) in [7, 11) is 0. The van der Waals surface area contributed by atoms with Crippen LogP contribution in [0.1, 0.15) is 30.0 Å². The monoisotopic (exact) mass is 310 g/mol. The minimum atomic E-state index is 0.162. The SMILES string of the molecule is CCN(C(=O)CCNCc1cccc(C)c1)c1cccc(C)c1. The van der Waals surface area contributed by atoms with Gasteiger partial charge in [-0.25, -0.2) is 0 Å². The maximum atomic E-state index is 12.4. The summed E-state index contributed by atoms with van der Waals surface area (Å²) in [6.45, 7) is 8.33. The van der Waals surface area contributed by atoms with Gasteiger partial charge in [0.25, 0.3) is 0 Å².